The molecule has 0 aliphatic carbocycles. The Morgan fingerprint density at radius 1 is 1.00 bits per heavy atom. The molecule has 0 saturated heterocycles. The lowest BCUT2D eigenvalue weighted by atomic mass is 10.8. The van der Waals surface area contributed by atoms with Crippen LogP contribution in [0.3, 0.4) is 0 Å². The van der Waals surface area contributed by atoms with Crippen molar-refractivity contribution < 1.29 is 10.2 Å². The van der Waals surface area contributed by atoms with Crippen LogP contribution < -0.4 is 0 Å². The van der Waals surface area contributed by atoms with Crippen molar-refractivity contribution in [2.24, 2.45) is 0 Å². The van der Waals surface area contributed by atoms with E-state index in [1.807, 2.05) is 0 Å². The first-order valence-corrected chi connectivity index (χ1v) is 4.72. The van der Waals surface area contributed by atoms with E-state index in [2.05, 4.69) is 45.2 Å². The van der Waals surface area contributed by atoms with Crippen LogP contribution in [0.15, 0.2) is 0 Å². The molecule has 0 amide bonds. The number of rotatable bonds is 1. The molecule has 4 heteroatoms. The minimum absolute atomic E-state index is 0.125. The predicted octanol–water partition coefficient (Wildman–Crippen LogP) is 0.785. The maximum Gasteiger partial charge on any atom is 0.0662 e. The summed E-state index contributed by atoms with van der Waals surface area (Å²) in [7, 11) is 0. The monoisotopic (exact) mass is 330 g/mol. The van der Waals surface area contributed by atoms with E-state index in [1.165, 1.54) is 2.43 Å². The molecule has 7 heavy (non-hydrogen) atoms. The molecule has 0 spiro atoms. The molecule has 0 atom stereocenters. The Bertz CT molecular complexity index is 18.4. The van der Waals surface area contributed by atoms with E-state index in [1.54, 1.807) is 0 Å². The summed E-state index contributed by atoms with van der Waals surface area (Å²) in [4.78, 5) is 0. The third-order valence-electron chi connectivity index (χ3n) is 0.1000. The van der Waals surface area contributed by atoms with Crippen molar-refractivity contribution in [1.29, 1.82) is 0 Å². The molecule has 0 aromatic rings. The molecule has 0 heterocycles. The molecule has 0 aliphatic rings. The zero-order chi connectivity index (χ0) is 6.12. The lowest BCUT2D eigenvalue weighted by molar-refractivity contribution is 0.186. The fraction of sp³-hybridized carbons (Fsp3) is 1.00. The molecule has 0 radical (unpaired) electrons. The van der Waals surface area contributed by atoms with Crippen molar-refractivity contribution in [3.8, 4) is 0 Å². The topological polar surface area (TPSA) is 40.5 Å². The van der Waals surface area contributed by atoms with Crippen LogP contribution in [-0.4, -0.2) is 25.9 Å². The number of aliphatic hydroxyl groups is 2. The summed E-state index contributed by atoms with van der Waals surface area (Å²) in [6.45, 7) is -0.250. The number of aliphatic hydroxyl groups excluding tert-OH is 2. The smallest absolute Gasteiger partial charge is 0.0662 e. The van der Waals surface area contributed by atoms with Crippen LogP contribution in [-0.2, 0) is 0 Å². The fourth-order valence-electron chi connectivity index (χ4n) is 0. The number of halogens is 2. The second kappa shape index (κ2) is 15.7. The first-order valence-electron chi connectivity index (χ1n) is 1.67. The Kier molecular flexibility index (Phi) is 25.1. The van der Waals surface area contributed by atoms with Crippen molar-refractivity contribution in [3.05, 3.63) is 0 Å². The SMILES string of the molecule is ICI.OCCO. The predicted molar refractivity (Wildman–Crippen MR) is 47.1 cm³/mol. The van der Waals surface area contributed by atoms with E-state index in [-0.39, 0.29) is 13.2 Å². The quantitative estimate of drug-likeness (QED) is 0.551. The normalized spacial score (nSPS) is 6.86. The van der Waals surface area contributed by atoms with Crippen LogP contribution in [0, 0.1) is 0 Å². The molecule has 0 saturated carbocycles. The van der Waals surface area contributed by atoms with Crippen LogP contribution in [0.5, 0.6) is 0 Å². The van der Waals surface area contributed by atoms with Crippen LogP contribution in [0.1, 0.15) is 0 Å². The van der Waals surface area contributed by atoms with E-state index < -0.39 is 0 Å². The molecule has 0 rings (SSSR count). The summed E-state index contributed by atoms with van der Waals surface area (Å²) in [5, 5.41) is 15.2. The zero-order valence-corrected chi connectivity index (χ0v) is 8.09. The molecule has 46 valence electrons. The van der Waals surface area contributed by atoms with Crippen molar-refractivity contribution in [3.63, 3.8) is 0 Å². The Labute approximate surface area is 70.6 Å². The van der Waals surface area contributed by atoms with Gasteiger partial charge in [-0.15, -0.1) is 0 Å². The third-order valence-corrected chi connectivity index (χ3v) is 0.1000. The summed E-state index contributed by atoms with van der Waals surface area (Å²) in [6, 6.07) is 0. The van der Waals surface area contributed by atoms with Gasteiger partial charge in [-0.05, 0) is 0 Å². The average Bonchev–Trinajstić information content (AvgIpc) is 1.69. The van der Waals surface area contributed by atoms with E-state index in [4.69, 9.17) is 10.2 Å². The second-order valence-corrected chi connectivity index (χ2v) is 4.99. The van der Waals surface area contributed by atoms with E-state index in [0.29, 0.717) is 0 Å². The number of alkyl halides is 2. The standard InChI is InChI=1S/C2H6O2.CH2I2/c3-1-2-4;2-1-3/h3-4H,1-2H2;1H2. The number of hydrogen-bond acceptors (Lipinski definition) is 2. The molecule has 0 fully saturated rings. The molecule has 2 N–H and O–H groups in total. The van der Waals surface area contributed by atoms with Gasteiger partial charge in [-0.3, -0.25) is 0 Å². The van der Waals surface area contributed by atoms with Gasteiger partial charge >= 0.3 is 0 Å². The molecule has 0 aromatic heterocycles. The molecule has 0 unspecified atom stereocenters. The van der Waals surface area contributed by atoms with Crippen LogP contribution in [0.2, 0.25) is 0 Å². The Hall–Kier alpha value is 1.38. The van der Waals surface area contributed by atoms with Gasteiger partial charge in [0.15, 0.2) is 0 Å². The molecule has 0 bridgehead atoms. The molecule has 2 nitrogen and oxygen atoms in total. The molecular weight excluding hydrogens is 322 g/mol. The van der Waals surface area contributed by atoms with E-state index >= 15 is 0 Å². The first kappa shape index (κ1) is 11.2. The summed E-state index contributed by atoms with van der Waals surface area (Å²) in [5.74, 6) is 0. The summed E-state index contributed by atoms with van der Waals surface area (Å²) < 4.78 is 1.19. The van der Waals surface area contributed by atoms with Crippen molar-refractivity contribution in [2.45, 2.75) is 0 Å². The van der Waals surface area contributed by atoms with E-state index in [9.17, 15) is 0 Å². The fourth-order valence-corrected chi connectivity index (χ4v) is 0. The average molecular weight is 330 g/mol. The minimum atomic E-state index is -0.125. The van der Waals surface area contributed by atoms with Crippen molar-refractivity contribution in [1.82, 2.24) is 0 Å². The number of hydrogen-bond donors (Lipinski definition) is 2. The highest BCUT2D eigenvalue weighted by atomic mass is 127. The largest absolute Gasteiger partial charge is 0.394 e. The minimum Gasteiger partial charge on any atom is -0.394 e. The van der Waals surface area contributed by atoms with Gasteiger partial charge in [-0.2, -0.15) is 0 Å². The van der Waals surface area contributed by atoms with Crippen LogP contribution in [0.4, 0.5) is 0 Å². The van der Waals surface area contributed by atoms with Crippen LogP contribution >= 0.6 is 45.2 Å². The van der Waals surface area contributed by atoms with Crippen molar-refractivity contribution >= 4 is 45.2 Å². The molecular formula is C3H8I2O2. The Balaban J connectivity index is 0. The van der Waals surface area contributed by atoms with Crippen LogP contribution in [0.25, 0.3) is 0 Å². The second-order valence-electron chi connectivity index (χ2n) is 0.548. The summed E-state index contributed by atoms with van der Waals surface area (Å²) in [5.41, 5.74) is 0. The summed E-state index contributed by atoms with van der Waals surface area (Å²) >= 11 is 4.55. The maximum atomic E-state index is 7.62. The Morgan fingerprint density at radius 2 is 1.14 bits per heavy atom. The van der Waals surface area contributed by atoms with E-state index in [0.717, 1.165) is 0 Å². The van der Waals surface area contributed by atoms with Gasteiger partial charge in [0.05, 0.1) is 15.6 Å². The molecule has 0 aromatic carbocycles. The van der Waals surface area contributed by atoms with Gasteiger partial charge in [0.25, 0.3) is 0 Å². The highest BCUT2D eigenvalue weighted by molar-refractivity contribution is 14.2. The van der Waals surface area contributed by atoms with Gasteiger partial charge in [0.1, 0.15) is 0 Å². The molecule has 0 aliphatic heterocycles. The maximum absolute atomic E-state index is 7.62. The highest BCUT2D eigenvalue weighted by Gasteiger charge is 1.58. The van der Waals surface area contributed by atoms with Crippen molar-refractivity contribution in [2.75, 3.05) is 15.6 Å². The van der Waals surface area contributed by atoms with Gasteiger partial charge < -0.3 is 10.2 Å². The lowest BCUT2D eigenvalue weighted by Crippen LogP contribution is -1.85. The van der Waals surface area contributed by atoms with Gasteiger partial charge in [0.2, 0.25) is 0 Å². The zero-order valence-electron chi connectivity index (χ0n) is 3.77. The summed E-state index contributed by atoms with van der Waals surface area (Å²) in [6.07, 6.45) is 0. The van der Waals surface area contributed by atoms with Gasteiger partial charge in [-0.25, -0.2) is 0 Å². The van der Waals surface area contributed by atoms with Gasteiger partial charge in [-0.1, -0.05) is 45.2 Å². The Morgan fingerprint density at radius 3 is 1.14 bits per heavy atom. The lowest BCUT2D eigenvalue weighted by Gasteiger charge is -1.70. The van der Waals surface area contributed by atoms with Gasteiger partial charge in [0, 0.05) is 0 Å². The first-order chi connectivity index (χ1) is 3.33. The third kappa shape index (κ3) is 37.7. The highest BCUT2D eigenvalue weighted by Crippen LogP contribution is 1.86.